The van der Waals surface area contributed by atoms with E-state index in [4.69, 9.17) is 0 Å². The molecule has 2 aromatic rings. The zero-order valence-corrected chi connectivity index (χ0v) is 16.8. The molecule has 0 N–H and O–H groups in total. The highest BCUT2D eigenvalue weighted by molar-refractivity contribution is 14.1. The van der Waals surface area contributed by atoms with Crippen LogP contribution < -0.4 is 0 Å². The van der Waals surface area contributed by atoms with E-state index in [1.165, 1.54) is 0 Å². The quantitative estimate of drug-likeness (QED) is 0.617. The number of fused-ring (bicyclic) bond motifs is 3. The molecule has 2 aliphatic rings. The average molecular weight is 465 g/mol. The summed E-state index contributed by atoms with van der Waals surface area (Å²) in [4.78, 5) is 14.6. The lowest BCUT2D eigenvalue weighted by Crippen LogP contribution is -2.43. The maximum absolute atomic E-state index is 12.8. The van der Waals surface area contributed by atoms with E-state index in [1.807, 2.05) is 60.8 Å². The van der Waals surface area contributed by atoms with Gasteiger partial charge in [0.2, 0.25) is 5.54 Å². The predicted molar refractivity (Wildman–Crippen MR) is 110 cm³/mol. The number of ketones is 1. The first-order valence-electron chi connectivity index (χ1n) is 8.67. The van der Waals surface area contributed by atoms with Crippen molar-refractivity contribution in [3.05, 3.63) is 75.0 Å². The van der Waals surface area contributed by atoms with Gasteiger partial charge in [0, 0.05) is 15.7 Å². The zero-order valence-electron chi connectivity index (χ0n) is 14.6. The van der Waals surface area contributed by atoms with Gasteiger partial charge < -0.3 is 4.90 Å². The second-order valence-electron chi connectivity index (χ2n) is 6.95. The van der Waals surface area contributed by atoms with Gasteiger partial charge in [0.25, 0.3) is 0 Å². The van der Waals surface area contributed by atoms with Crippen LogP contribution in [0.3, 0.4) is 0 Å². The van der Waals surface area contributed by atoms with Gasteiger partial charge in [0.1, 0.15) is 17.9 Å². The third-order valence-corrected chi connectivity index (χ3v) is 6.34. The van der Waals surface area contributed by atoms with Crippen LogP contribution >= 0.6 is 22.6 Å². The standard InChI is InChI=1S/C22H16IN3O/c1-14(27)19-20(16-6-8-17(23)9-7-16)22(12-24,13-25)26-11-10-15-4-2-3-5-18(15)21(19)26/h2-11,19-21H,1H3/t19-,20+,21-/m1/s1. The van der Waals surface area contributed by atoms with Gasteiger partial charge >= 0.3 is 0 Å². The number of carbonyl (C=O) groups excluding carboxylic acids is 1. The van der Waals surface area contributed by atoms with Crippen LogP contribution in [0, 0.1) is 32.2 Å². The number of nitrogens with zero attached hydrogens (tertiary/aromatic N) is 3. The van der Waals surface area contributed by atoms with Crippen molar-refractivity contribution in [3.63, 3.8) is 0 Å². The largest absolute Gasteiger partial charge is 0.340 e. The summed E-state index contributed by atoms with van der Waals surface area (Å²) in [6, 6.07) is 19.8. The summed E-state index contributed by atoms with van der Waals surface area (Å²) in [6.45, 7) is 1.56. The van der Waals surface area contributed by atoms with Crippen LogP contribution in [0.4, 0.5) is 0 Å². The van der Waals surface area contributed by atoms with Gasteiger partial charge in [-0.05, 0) is 64.4 Å². The van der Waals surface area contributed by atoms with Crippen molar-refractivity contribution in [1.82, 2.24) is 4.90 Å². The number of halogens is 1. The van der Waals surface area contributed by atoms with Crippen LogP contribution in [0.15, 0.2) is 54.7 Å². The van der Waals surface area contributed by atoms with Crippen LogP contribution in [0.2, 0.25) is 0 Å². The maximum atomic E-state index is 12.8. The monoisotopic (exact) mass is 465 g/mol. The smallest absolute Gasteiger partial charge is 0.222 e. The molecule has 0 bridgehead atoms. The first-order chi connectivity index (χ1) is 13.0. The normalized spacial score (nSPS) is 24.4. The molecule has 2 heterocycles. The number of nitriles is 2. The fraction of sp³-hybridized carbons (Fsp3) is 0.227. The second-order valence-corrected chi connectivity index (χ2v) is 8.20. The van der Waals surface area contributed by atoms with Crippen molar-refractivity contribution in [2.24, 2.45) is 5.92 Å². The topological polar surface area (TPSA) is 67.9 Å². The lowest BCUT2D eigenvalue weighted by molar-refractivity contribution is -0.121. The van der Waals surface area contributed by atoms with Crippen molar-refractivity contribution in [1.29, 1.82) is 10.5 Å². The van der Waals surface area contributed by atoms with Crippen LogP contribution in [-0.2, 0) is 4.79 Å². The molecule has 1 fully saturated rings. The van der Waals surface area contributed by atoms with Crippen LogP contribution in [0.25, 0.3) is 6.08 Å². The third kappa shape index (κ3) is 2.49. The van der Waals surface area contributed by atoms with Gasteiger partial charge in [0.15, 0.2) is 0 Å². The number of carbonyl (C=O) groups is 1. The van der Waals surface area contributed by atoms with Gasteiger partial charge in [-0.2, -0.15) is 10.5 Å². The Kier molecular flexibility index (Phi) is 4.28. The van der Waals surface area contributed by atoms with Gasteiger partial charge in [0.05, 0.1) is 12.0 Å². The number of Topliss-reactive ketones (excluding diaryl/α,β-unsaturated/α-hetero) is 1. The Labute approximate surface area is 171 Å². The lowest BCUT2D eigenvalue weighted by atomic mass is 9.73. The van der Waals surface area contributed by atoms with E-state index in [0.717, 1.165) is 20.3 Å². The Balaban J connectivity index is 1.99. The molecule has 27 heavy (non-hydrogen) atoms. The van der Waals surface area contributed by atoms with E-state index in [1.54, 1.807) is 11.8 Å². The van der Waals surface area contributed by atoms with E-state index >= 15 is 0 Å². The molecule has 0 amide bonds. The summed E-state index contributed by atoms with van der Waals surface area (Å²) in [5.41, 5.74) is 1.43. The summed E-state index contributed by atoms with van der Waals surface area (Å²) in [6.07, 6.45) is 3.73. The molecule has 2 aliphatic heterocycles. The molecule has 0 aliphatic carbocycles. The number of rotatable bonds is 2. The summed E-state index contributed by atoms with van der Waals surface area (Å²) < 4.78 is 1.07. The first-order valence-corrected chi connectivity index (χ1v) is 9.75. The Bertz CT molecular complexity index is 1010. The minimum atomic E-state index is -1.43. The Hall–Kier alpha value is -2.64. The molecule has 5 heteroatoms. The average Bonchev–Trinajstić information content (AvgIpc) is 3.00. The highest BCUT2D eigenvalue weighted by atomic mass is 127. The summed E-state index contributed by atoms with van der Waals surface area (Å²) in [7, 11) is 0. The molecule has 0 spiro atoms. The Morgan fingerprint density at radius 1 is 1.11 bits per heavy atom. The number of hydrogen-bond acceptors (Lipinski definition) is 4. The maximum Gasteiger partial charge on any atom is 0.222 e. The van der Waals surface area contributed by atoms with Crippen LogP contribution in [0.1, 0.15) is 35.6 Å². The SMILES string of the molecule is CC(=O)[C@H]1[C@H]2c3ccccc3C=CN2C(C#N)(C#N)[C@H]1c1ccc(I)cc1. The predicted octanol–water partition coefficient (Wildman–Crippen LogP) is 4.41. The van der Waals surface area contributed by atoms with Gasteiger partial charge in [-0.25, -0.2) is 0 Å². The van der Waals surface area contributed by atoms with Crippen LogP contribution in [-0.4, -0.2) is 16.2 Å². The molecule has 0 radical (unpaired) electrons. The van der Waals surface area contributed by atoms with Crippen molar-refractivity contribution < 1.29 is 4.79 Å². The molecule has 3 atom stereocenters. The molecule has 0 unspecified atom stereocenters. The number of hydrogen-bond donors (Lipinski definition) is 0. The molecule has 4 rings (SSSR count). The summed E-state index contributed by atoms with van der Waals surface area (Å²) >= 11 is 2.22. The van der Waals surface area contributed by atoms with Gasteiger partial charge in [-0.3, -0.25) is 4.79 Å². The Morgan fingerprint density at radius 3 is 2.41 bits per heavy atom. The van der Waals surface area contributed by atoms with Crippen molar-refractivity contribution in [2.75, 3.05) is 0 Å². The van der Waals surface area contributed by atoms with Crippen molar-refractivity contribution >= 4 is 34.5 Å². The second kappa shape index (κ2) is 6.51. The fourth-order valence-corrected chi connectivity index (χ4v) is 4.86. The summed E-state index contributed by atoms with van der Waals surface area (Å²) in [5.74, 6) is -1.01. The highest BCUT2D eigenvalue weighted by Gasteiger charge is 2.62. The molecular weight excluding hydrogens is 449 g/mol. The van der Waals surface area contributed by atoms with E-state index in [0.29, 0.717) is 0 Å². The third-order valence-electron chi connectivity index (χ3n) is 5.63. The molecule has 2 aromatic carbocycles. The van der Waals surface area contributed by atoms with Crippen LogP contribution in [0.5, 0.6) is 0 Å². The minimum Gasteiger partial charge on any atom is -0.340 e. The highest BCUT2D eigenvalue weighted by Crippen LogP contribution is 2.57. The van der Waals surface area contributed by atoms with Gasteiger partial charge in [-0.15, -0.1) is 0 Å². The number of benzene rings is 2. The van der Waals surface area contributed by atoms with E-state index < -0.39 is 17.4 Å². The van der Waals surface area contributed by atoms with E-state index in [-0.39, 0.29) is 11.8 Å². The van der Waals surface area contributed by atoms with Crippen molar-refractivity contribution in [2.45, 2.75) is 24.4 Å². The Morgan fingerprint density at radius 2 is 1.78 bits per heavy atom. The molecule has 132 valence electrons. The van der Waals surface area contributed by atoms with Gasteiger partial charge in [-0.1, -0.05) is 36.4 Å². The fourth-order valence-electron chi connectivity index (χ4n) is 4.50. The molecular formula is C22H16IN3O. The molecule has 1 saturated heterocycles. The minimum absolute atomic E-state index is 0.00831. The van der Waals surface area contributed by atoms with E-state index in [9.17, 15) is 15.3 Å². The molecule has 0 saturated carbocycles. The summed E-state index contributed by atoms with van der Waals surface area (Å²) in [5, 5.41) is 20.3. The zero-order chi connectivity index (χ0) is 19.2. The first kappa shape index (κ1) is 17.8. The molecule has 4 nitrogen and oxygen atoms in total. The van der Waals surface area contributed by atoms with Crippen molar-refractivity contribution in [3.8, 4) is 12.1 Å². The molecule has 0 aromatic heterocycles. The van der Waals surface area contributed by atoms with E-state index in [2.05, 4.69) is 34.7 Å². The lowest BCUT2D eigenvalue weighted by Gasteiger charge is -2.35.